The van der Waals surface area contributed by atoms with Gasteiger partial charge in [-0.25, -0.2) is 0 Å². The minimum absolute atomic E-state index is 0.0959. The summed E-state index contributed by atoms with van der Waals surface area (Å²) in [6.07, 6.45) is 0. The predicted octanol–water partition coefficient (Wildman–Crippen LogP) is 2.74. The molecule has 0 bridgehead atoms. The van der Waals surface area contributed by atoms with Crippen LogP contribution >= 0.6 is 0 Å². The average molecular weight is 266 g/mol. The second-order valence-corrected chi connectivity index (χ2v) is 4.46. The van der Waals surface area contributed by atoms with E-state index in [1.165, 1.54) is 0 Å². The summed E-state index contributed by atoms with van der Waals surface area (Å²) >= 11 is 0. The van der Waals surface area contributed by atoms with Gasteiger partial charge < -0.3 is 9.63 Å². The zero-order valence-corrected chi connectivity index (χ0v) is 10.8. The standard InChI is InChI=1S/C16H14N2O2/c19-11-14-17-16(18-20-14)15(12-7-3-1-4-8-12)13-9-5-2-6-10-13/h1-10,15,19H,11H2. The van der Waals surface area contributed by atoms with Crippen LogP contribution in [0.4, 0.5) is 0 Å². The lowest BCUT2D eigenvalue weighted by molar-refractivity contribution is 0.222. The monoisotopic (exact) mass is 266 g/mol. The second kappa shape index (κ2) is 5.67. The zero-order valence-electron chi connectivity index (χ0n) is 10.8. The molecule has 0 spiro atoms. The third kappa shape index (κ3) is 2.46. The molecule has 0 aliphatic carbocycles. The average Bonchev–Trinajstić information content (AvgIpc) is 2.98. The molecule has 1 aromatic heterocycles. The van der Waals surface area contributed by atoms with Crippen LogP contribution in [0.1, 0.15) is 28.8 Å². The number of aromatic nitrogens is 2. The number of nitrogens with zero attached hydrogens (tertiary/aromatic N) is 2. The molecule has 0 atom stereocenters. The molecule has 4 heteroatoms. The fourth-order valence-corrected chi connectivity index (χ4v) is 2.23. The molecule has 0 unspecified atom stereocenters. The summed E-state index contributed by atoms with van der Waals surface area (Å²) in [5.74, 6) is 0.699. The van der Waals surface area contributed by atoms with Crippen LogP contribution in [-0.2, 0) is 6.61 Å². The molecule has 4 nitrogen and oxygen atoms in total. The highest BCUT2D eigenvalue weighted by molar-refractivity contribution is 5.37. The van der Waals surface area contributed by atoms with Gasteiger partial charge in [-0.05, 0) is 11.1 Å². The van der Waals surface area contributed by atoms with Gasteiger partial charge in [0.05, 0.1) is 5.92 Å². The Balaban J connectivity index is 2.09. The molecule has 0 aliphatic rings. The first-order valence-corrected chi connectivity index (χ1v) is 6.41. The first-order chi connectivity index (χ1) is 9.88. The Morgan fingerprint density at radius 3 is 1.90 bits per heavy atom. The van der Waals surface area contributed by atoms with E-state index in [9.17, 15) is 0 Å². The molecule has 2 aromatic carbocycles. The summed E-state index contributed by atoms with van der Waals surface area (Å²) in [6, 6.07) is 20.0. The van der Waals surface area contributed by atoms with E-state index in [1.54, 1.807) is 0 Å². The number of aliphatic hydroxyl groups is 1. The molecular formula is C16H14N2O2. The first kappa shape index (κ1) is 12.6. The topological polar surface area (TPSA) is 59.2 Å². The third-order valence-corrected chi connectivity index (χ3v) is 3.14. The summed E-state index contributed by atoms with van der Waals surface area (Å²) in [5, 5.41) is 13.1. The van der Waals surface area contributed by atoms with Gasteiger partial charge in [0, 0.05) is 0 Å². The molecular weight excluding hydrogens is 252 g/mol. The molecule has 0 saturated heterocycles. The molecule has 0 fully saturated rings. The molecule has 0 radical (unpaired) electrons. The van der Waals surface area contributed by atoms with E-state index < -0.39 is 0 Å². The fraction of sp³-hybridized carbons (Fsp3) is 0.125. The lowest BCUT2D eigenvalue weighted by atomic mass is 9.91. The summed E-state index contributed by atoms with van der Waals surface area (Å²) in [4.78, 5) is 4.25. The van der Waals surface area contributed by atoms with Gasteiger partial charge >= 0.3 is 0 Å². The van der Waals surface area contributed by atoms with E-state index in [1.807, 2.05) is 60.7 Å². The van der Waals surface area contributed by atoms with Gasteiger partial charge in [0.15, 0.2) is 5.82 Å². The highest BCUT2D eigenvalue weighted by Gasteiger charge is 2.21. The van der Waals surface area contributed by atoms with Crippen LogP contribution in [0.2, 0.25) is 0 Å². The molecule has 0 amide bonds. The van der Waals surface area contributed by atoms with Gasteiger partial charge in [-0.3, -0.25) is 0 Å². The van der Waals surface area contributed by atoms with Crippen LogP contribution in [-0.4, -0.2) is 15.2 Å². The van der Waals surface area contributed by atoms with Gasteiger partial charge in [0.25, 0.3) is 5.89 Å². The Labute approximate surface area is 116 Å². The highest BCUT2D eigenvalue weighted by atomic mass is 16.5. The number of aliphatic hydroxyl groups excluding tert-OH is 1. The maximum Gasteiger partial charge on any atom is 0.252 e. The number of hydrogen-bond donors (Lipinski definition) is 1. The molecule has 20 heavy (non-hydrogen) atoms. The fourth-order valence-electron chi connectivity index (χ4n) is 2.23. The van der Waals surface area contributed by atoms with Gasteiger partial charge in [0.2, 0.25) is 0 Å². The third-order valence-electron chi connectivity index (χ3n) is 3.14. The van der Waals surface area contributed by atoms with Crippen LogP contribution in [0.3, 0.4) is 0 Å². The van der Waals surface area contributed by atoms with Crippen LogP contribution in [0.15, 0.2) is 65.2 Å². The summed E-state index contributed by atoms with van der Waals surface area (Å²) < 4.78 is 5.03. The molecule has 1 heterocycles. The van der Waals surface area contributed by atoms with Gasteiger partial charge in [-0.1, -0.05) is 65.8 Å². The summed E-state index contributed by atoms with van der Waals surface area (Å²) in [6.45, 7) is -0.247. The lowest BCUT2D eigenvalue weighted by Crippen LogP contribution is -2.05. The predicted molar refractivity (Wildman–Crippen MR) is 74.0 cm³/mol. The smallest absolute Gasteiger partial charge is 0.252 e. The van der Waals surface area contributed by atoms with Crippen LogP contribution in [0, 0.1) is 0 Å². The number of rotatable bonds is 4. The van der Waals surface area contributed by atoms with Crippen molar-refractivity contribution < 1.29 is 9.63 Å². The Kier molecular flexibility index (Phi) is 3.56. The maximum absolute atomic E-state index is 9.08. The van der Waals surface area contributed by atoms with E-state index in [4.69, 9.17) is 9.63 Å². The van der Waals surface area contributed by atoms with E-state index >= 15 is 0 Å². The van der Waals surface area contributed by atoms with Crippen molar-refractivity contribution in [1.29, 1.82) is 0 Å². The Morgan fingerprint density at radius 2 is 1.45 bits per heavy atom. The van der Waals surface area contributed by atoms with Crippen molar-refractivity contribution in [2.24, 2.45) is 0 Å². The molecule has 100 valence electrons. The minimum atomic E-state index is -0.247. The van der Waals surface area contributed by atoms with Gasteiger partial charge in [-0.15, -0.1) is 0 Å². The van der Waals surface area contributed by atoms with E-state index in [0.717, 1.165) is 11.1 Å². The zero-order chi connectivity index (χ0) is 13.8. The summed E-state index contributed by atoms with van der Waals surface area (Å²) in [7, 11) is 0. The quantitative estimate of drug-likeness (QED) is 0.788. The molecule has 3 rings (SSSR count). The largest absolute Gasteiger partial charge is 0.387 e. The van der Waals surface area contributed by atoms with E-state index in [-0.39, 0.29) is 18.4 Å². The van der Waals surface area contributed by atoms with Gasteiger partial charge in [0.1, 0.15) is 6.61 Å². The van der Waals surface area contributed by atoms with Gasteiger partial charge in [-0.2, -0.15) is 4.98 Å². The Hall–Kier alpha value is -2.46. The Morgan fingerprint density at radius 1 is 0.900 bits per heavy atom. The molecule has 3 aromatic rings. The molecule has 0 saturated carbocycles. The highest BCUT2D eigenvalue weighted by Crippen LogP contribution is 2.29. The molecule has 0 aliphatic heterocycles. The van der Waals surface area contributed by atoms with Crippen molar-refractivity contribution in [2.75, 3.05) is 0 Å². The first-order valence-electron chi connectivity index (χ1n) is 6.41. The Bertz CT molecular complexity index is 626. The number of hydrogen-bond acceptors (Lipinski definition) is 4. The minimum Gasteiger partial charge on any atom is -0.387 e. The number of benzene rings is 2. The lowest BCUT2D eigenvalue weighted by Gasteiger charge is -2.13. The van der Waals surface area contributed by atoms with E-state index in [2.05, 4.69) is 10.1 Å². The summed E-state index contributed by atoms with van der Waals surface area (Å²) in [5.41, 5.74) is 2.17. The second-order valence-electron chi connectivity index (χ2n) is 4.46. The van der Waals surface area contributed by atoms with Crippen molar-refractivity contribution in [3.63, 3.8) is 0 Å². The van der Waals surface area contributed by atoms with Crippen molar-refractivity contribution in [3.8, 4) is 0 Å². The van der Waals surface area contributed by atoms with Crippen molar-refractivity contribution >= 4 is 0 Å². The SMILES string of the molecule is OCc1nc(C(c2ccccc2)c2ccccc2)no1. The van der Waals surface area contributed by atoms with Crippen molar-refractivity contribution in [1.82, 2.24) is 10.1 Å². The maximum atomic E-state index is 9.08. The van der Waals surface area contributed by atoms with Crippen LogP contribution in [0.5, 0.6) is 0 Å². The van der Waals surface area contributed by atoms with Crippen molar-refractivity contribution in [3.05, 3.63) is 83.5 Å². The van der Waals surface area contributed by atoms with Crippen LogP contribution < -0.4 is 0 Å². The van der Waals surface area contributed by atoms with E-state index in [0.29, 0.717) is 5.82 Å². The van der Waals surface area contributed by atoms with Crippen LogP contribution in [0.25, 0.3) is 0 Å². The van der Waals surface area contributed by atoms with Crippen molar-refractivity contribution in [2.45, 2.75) is 12.5 Å². The molecule has 1 N–H and O–H groups in total. The normalized spacial score (nSPS) is 10.9.